The lowest BCUT2D eigenvalue weighted by molar-refractivity contribution is 0.0529. The third-order valence-electron chi connectivity index (χ3n) is 5.04. The van der Waals surface area contributed by atoms with E-state index < -0.39 is 0 Å². The number of aromatic nitrogens is 1. The number of hydrogen-bond donors (Lipinski definition) is 2. The lowest BCUT2D eigenvalue weighted by Crippen LogP contribution is -2.42. The van der Waals surface area contributed by atoms with Crippen LogP contribution in [0.15, 0.2) is 47.6 Å². The van der Waals surface area contributed by atoms with E-state index >= 15 is 0 Å². The van der Waals surface area contributed by atoms with Gasteiger partial charge < -0.3 is 25.0 Å². The first-order valence-corrected chi connectivity index (χ1v) is 10.5. The Bertz CT molecular complexity index is 831. The summed E-state index contributed by atoms with van der Waals surface area (Å²) in [7, 11) is 1.77. The second-order valence-corrected chi connectivity index (χ2v) is 7.65. The van der Waals surface area contributed by atoms with Gasteiger partial charge in [-0.1, -0.05) is 24.3 Å². The van der Waals surface area contributed by atoms with Crippen LogP contribution in [0.2, 0.25) is 0 Å². The SMILES string of the molecule is CN=C(NCc1ccc(N2CCOC(C)C2)nc1)NCC(C)Oc1ccccc1C.I. The molecule has 1 fully saturated rings. The Kier molecular flexibility index (Phi) is 10.3. The maximum atomic E-state index is 6.01. The zero-order chi connectivity index (χ0) is 21.3. The van der Waals surface area contributed by atoms with E-state index in [4.69, 9.17) is 9.47 Å². The van der Waals surface area contributed by atoms with Gasteiger partial charge in [0, 0.05) is 32.9 Å². The van der Waals surface area contributed by atoms with E-state index in [2.05, 4.69) is 57.6 Å². The van der Waals surface area contributed by atoms with Crippen LogP contribution < -0.4 is 20.3 Å². The van der Waals surface area contributed by atoms with E-state index in [0.29, 0.717) is 13.1 Å². The minimum Gasteiger partial charge on any atom is -0.489 e. The van der Waals surface area contributed by atoms with Crippen LogP contribution >= 0.6 is 24.0 Å². The molecule has 1 aromatic heterocycles. The highest BCUT2D eigenvalue weighted by Gasteiger charge is 2.17. The van der Waals surface area contributed by atoms with Gasteiger partial charge in [-0.15, -0.1) is 24.0 Å². The van der Waals surface area contributed by atoms with Crippen LogP contribution in [0.5, 0.6) is 5.75 Å². The van der Waals surface area contributed by atoms with Crippen molar-refractivity contribution >= 4 is 35.8 Å². The van der Waals surface area contributed by atoms with E-state index in [-0.39, 0.29) is 36.2 Å². The highest BCUT2D eigenvalue weighted by Crippen LogP contribution is 2.17. The smallest absolute Gasteiger partial charge is 0.191 e. The van der Waals surface area contributed by atoms with Crippen molar-refractivity contribution in [3.05, 3.63) is 53.7 Å². The van der Waals surface area contributed by atoms with Gasteiger partial charge in [-0.25, -0.2) is 4.98 Å². The predicted molar refractivity (Wildman–Crippen MR) is 137 cm³/mol. The maximum absolute atomic E-state index is 6.01. The summed E-state index contributed by atoms with van der Waals surface area (Å²) in [5.41, 5.74) is 2.24. The van der Waals surface area contributed by atoms with Crippen LogP contribution in [0.4, 0.5) is 5.82 Å². The van der Waals surface area contributed by atoms with Crippen molar-refractivity contribution in [2.45, 2.75) is 39.5 Å². The van der Waals surface area contributed by atoms with Crippen molar-refractivity contribution < 1.29 is 9.47 Å². The molecular weight excluding hydrogens is 505 g/mol. The summed E-state index contributed by atoms with van der Waals surface area (Å²) in [5, 5.41) is 6.65. The number of nitrogens with one attached hydrogen (secondary N) is 2. The molecule has 2 unspecified atom stereocenters. The van der Waals surface area contributed by atoms with Gasteiger partial charge in [-0.05, 0) is 44.0 Å². The third kappa shape index (κ3) is 7.84. The summed E-state index contributed by atoms with van der Waals surface area (Å²) in [6, 6.07) is 12.2. The summed E-state index contributed by atoms with van der Waals surface area (Å²) >= 11 is 0. The fourth-order valence-electron chi connectivity index (χ4n) is 3.33. The van der Waals surface area contributed by atoms with Crippen LogP contribution in [-0.4, -0.2) is 56.4 Å². The highest BCUT2D eigenvalue weighted by molar-refractivity contribution is 14.0. The lowest BCUT2D eigenvalue weighted by Gasteiger charge is -2.32. The van der Waals surface area contributed by atoms with Gasteiger partial charge in [0.2, 0.25) is 0 Å². The van der Waals surface area contributed by atoms with Crippen LogP contribution in [0.25, 0.3) is 0 Å². The molecule has 2 N–H and O–H groups in total. The summed E-state index contributed by atoms with van der Waals surface area (Å²) in [5.74, 6) is 2.65. The van der Waals surface area contributed by atoms with Crippen molar-refractivity contribution in [3.63, 3.8) is 0 Å². The van der Waals surface area contributed by atoms with Gasteiger partial charge in [0.25, 0.3) is 0 Å². The quantitative estimate of drug-likeness (QED) is 0.320. The average molecular weight is 539 g/mol. The number of nitrogens with zero attached hydrogens (tertiary/aromatic N) is 3. The second-order valence-electron chi connectivity index (χ2n) is 7.65. The molecule has 1 aliphatic heterocycles. The number of hydrogen-bond acceptors (Lipinski definition) is 5. The molecule has 170 valence electrons. The molecule has 2 heterocycles. The number of para-hydroxylation sites is 1. The fourth-order valence-corrected chi connectivity index (χ4v) is 3.33. The summed E-state index contributed by atoms with van der Waals surface area (Å²) in [6.07, 6.45) is 2.18. The van der Waals surface area contributed by atoms with Gasteiger partial charge >= 0.3 is 0 Å². The van der Waals surface area contributed by atoms with Crippen molar-refractivity contribution in [2.75, 3.05) is 38.2 Å². The Balaban J connectivity index is 0.00000341. The Morgan fingerprint density at radius 3 is 2.77 bits per heavy atom. The number of guanidine groups is 1. The van der Waals surface area contributed by atoms with E-state index in [1.165, 1.54) is 0 Å². The highest BCUT2D eigenvalue weighted by atomic mass is 127. The molecule has 0 spiro atoms. The van der Waals surface area contributed by atoms with Crippen molar-refractivity contribution in [1.29, 1.82) is 0 Å². The molecule has 0 aliphatic carbocycles. The molecule has 0 bridgehead atoms. The maximum Gasteiger partial charge on any atom is 0.191 e. The van der Waals surface area contributed by atoms with Crippen LogP contribution in [0, 0.1) is 6.92 Å². The summed E-state index contributed by atoms with van der Waals surface area (Å²) in [6.45, 7) is 10.0. The number of aryl methyl sites for hydroxylation is 1. The predicted octanol–water partition coefficient (Wildman–Crippen LogP) is 3.37. The molecule has 2 atom stereocenters. The molecule has 1 aliphatic rings. The summed E-state index contributed by atoms with van der Waals surface area (Å²) < 4.78 is 11.6. The third-order valence-corrected chi connectivity index (χ3v) is 5.04. The fraction of sp³-hybridized carbons (Fsp3) is 0.478. The molecule has 1 saturated heterocycles. The molecule has 7 nitrogen and oxygen atoms in total. The second kappa shape index (κ2) is 12.7. The number of benzene rings is 1. The van der Waals surface area contributed by atoms with Crippen LogP contribution in [0.3, 0.4) is 0 Å². The van der Waals surface area contributed by atoms with Crippen molar-refractivity contribution in [1.82, 2.24) is 15.6 Å². The minimum atomic E-state index is 0. The molecule has 0 radical (unpaired) electrons. The Morgan fingerprint density at radius 1 is 1.29 bits per heavy atom. The molecule has 2 aromatic rings. The molecular formula is C23H34IN5O2. The van der Waals surface area contributed by atoms with Crippen molar-refractivity contribution in [2.24, 2.45) is 4.99 Å². The number of pyridine rings is 1. The number of morpholine rings is 1. The Labute approximate surface area is 202 Å². The van der Waals surface area contributed by atoms with E-state index in [9.17, 15) is 0 Å². The molecule has 0 amide bonds. The molecule has 1 aromatic carbocycles. The minimum absolute atomic E-state index is 0. The lowest BCUT2D eigenvalue weighted by atomic mass is 10.2. The number of ether oxygens (including phenoxy) is 2. The topological polar surface area (TPSA) is 71.0 Å². The zero-order valence-electron chi connectivity index (χ0n) is 18.8. The molecule has 3 rings (SSSR count). The number of aliphatic imine (C=N–C) groups is 1. The average Bonchev–Trinajstić information content (AvgIpc) is 2.76. The van der Waals surface area contributed by atoms with Gasteiger partial charge in [-0.2, -0.15) is 0 Å². The Morgan fingerprint density at radius 2 is 2.10 bits per heavy atom. The number of anilines is 1. The Hall–Kier alpha value is -2.07. The van der Waals surface area contributed by atoms with Gasteiger partial charge in [-0.3, -0.25) is 4.99 Å². The summed E-state index contributed by atoms with van der Waals surface area (Å²) in [4.78, 5) is 11.2. The zero-order valence-corrected chi connectivity index (χ0v) is 21.1. The molecule has 8 heteroatoms. The monoisotopic (exact) mass is 539 g/mol. The van der Waals surface area contributed by atoms with Crippen LogP contribution in [0.1, 0.15) is 25.0 Å². The number of halogens is 1. The van der Waals surface area contributed by atoms with Gasteiger partial charge in [0.05, 0.1) is 19.3 Å². The van der Waals surface area contributed by atoms with E-state index in [0.717, 1.165) is 48.4 Å². The first kappa shape index (κ1) is 25.2. The first-order chi connectivity index (χ1) is 14.5. The first-order valence-electron chi connectivity index (χ1n) is 10.5. The van der Waals surface area contributed by atoms with E-state index in [1.807, 2.05) is 31.3 Å². The molecule has 0 saturated carbocycles. The van der Waals surface area contributed by atoms with Crippen LogP contribution in [-0.2, 0) is 11.3 Å². The van der Waals surface area contributed by atoms with Gasteiger partial charge in [0.15, 0.2) is 5.96 Å². The van der Waals surface area contributed by atoms with E-state index in [1.54, 1.807) is 7.05 Å². The standard InChI is InChI=1S/C23H33N5O2.HI/c1-17-7-5-6-8-21(17)30-18(2)13-26-23(24-4)27-15-20-9-10-22(25-14-20)28-11-12-29-19(3)16-28;/h5-10,14,18-19H,11-13,15-16H2,1-4H3,(H2,24,26,27);1H. The van der Waals surface area contributed by atoms with Gasteiger partial charge in [0.1, 0.15) is 17.7 Å². The number of rotatable bonds is 7. The van der Waals surface area contributed by atoms with Crippen molar-refractivity contribution in [3.8, 4) is 5.75 Å². The normalized spacial score (nSPS) is 17.5. The largest absolute Gasteiger partial charge is 0.489 e. The molecule has 31 heavy (non-hydrogen) atoms.